The average Bonchev–Trinajstić information content (AvgIpc) is 3.19. The van der Waals surface area contributed by atoms with E-state index in [1.165, 1.54) is 20.2 Å². The van der Waals surface area contributed by atoms with Crippen LogP contribution in [-0.4, -0.2) is 48.4 Å². The van der Waals surface area contributed by atoms with Gasteiger partial charge in [0.05, 0.1) is 12.6 Å². The Morgan fingerprint density at radius 1 is 1.39 bits per heavy atom. The lowest BCUT2D eigenvalue weighted by atomic mass is 10.2. The second-order valence-corrected chi connectivity index (χ2v) is 7.89. The Labute approximate surface area is 135 Å². The third kappa shape index (κ3) is 3.17. The molecule has 1 atom stereocenters. The summed E-state index contributed by atoms with van der Waals surface area (Å²) in [5, 5.41) is 3.96. The minimum absolute atomic E-state index is 0.0383. The van der Waals surface area contributed by atoms with Crippen LogP contribution in [0.4, 0.5) is 0 Å². The second kappa shape index (κ2) is 6.06. The average molecular weight is 340 g/mol. The Morgan fingerprint density at radius 3 is 2.83 bits per heavy atom. The maximum absolute atomic E-state index is 12.1. The van der Waals surface area contributed by atoms with Gasteiger partial charge in [-0.05, 0) is 31.5 Å². The molecule has 1 aliphatic heterocycles. The van der Waals surface area contributed by atoms with Crippen molar-refractivity contribution in [3.05, 3.63) is 29.6 Å². The van der Waals surface area contributed by atoms with Gasteiger partial charge in [0.2, 0.25) is 11.0 Å². The molecule has 2 aromatic rings. The van der Waals surface area contributed by atoms with Crippen LogP contribution in [0.3, 0.4) is 0 Å². The van der Waals surface area contributed by atoms with Gasteiger partial charge in [0, 0.05) is 21.0 Å². The highest BCUT2D eigenvalue weighted by atomic mass is 32.2. The summed E-state index contributed by atoms with van der Waals surface area (Å²) in [6.45, 7) is 3.16. The summed E-state index contributed by atoms with van der Waals surface area (Å²) in [7, 11) is -0.586. The van der Waals surface area contributed by atoms with Crippen LogP contribution in [-0.2, 0) is 16.6 Å². The zero-order valence-corrected chi connectivity index (χ0v) is 14.2. The van der Waals surface area contributed by atoms with Crippen molar-refractivity contribution in [3.8, 4) is 0 Å². The number of aryl methyl sites for hydroxylation is 1. The zero-order valence-electron chi connectivity index (χ0n) is 13.4. The summed E-state index contributed by atoms with van der Waals surface area (Å²) in [5.41, 5.74) is 0. The number of furan rings is 1. The zero-order chi connectivity index (χ0) is 16.6. The van der Waals surface area contributed by atoms with E-state index in [2.05, 4.69) is 15.0 Å². The first-order valence-corrected chi connectivity index (χ1v) is 8.87. The van der Waals surface area contributed by atoms with Gasteiger partial charge in [-0.25, -0.2) is 12.7 Å². The Morgan fingerprint density at radius 2 is 2.17 bits per heavy atom. The summed E-state index contributed by atoms with van der Waals surface area (Å²) in [6, 6.07) is 3.27. The van der Waals surface area contributed by atoms with E-state index in [0.717, 1.165) is 23.7 Å². The number of rotatable bonds is 5. The van der Waals surface area contributed by atoms with Gasteiger partial charge in [-0.3, -0.25) is 4.90 Å². The molecule has 0 bridgehead atoms. The monoisotopic (exact) mass is 340 g/mol. The molecular formula is C14H20N4O4S. The number of sulfonamides is 1. The number of aromatic nitrogens is 2. The minimum Gasteiger partial charge on any atom is -0.447 e. The molecule has 0 aliphatic carbocycles. The predicted molar refractivity (Wildman–Crippen MR) is 81.0 cm³/mol. The van der Waals surface area contributed by atoms with E-state index in [1.54, 1.807) is 13.0 Å². The first-order chi connectivity index (χ1) is 10.9. The Hall–Kier alpha value is -1.71. The van der Waals surface area contributed by atoms with Crippen molar-refractivity contribution in [2.75, 3.05) is 20.6 Å². The molecule has 0 amide bonds. The molecule has 2 aromatic heterocycles. The molecule has 126 valence electrons. The summed E-state index contributed by atoms with van der Waals surface area (Å²) < 4.78 is 35.8. The molecule has 9 heteroatoms. The molecule has 3 rings (SSSR count). The molecule has 0 unspecified atom stereocenters. The van der Waals surface area contributed by atoms with Gasteiger partial charge in [-0.15, -0.1) is 0 Å². The number of hydrogen-bond donors (Lipinski definition) is 0. The Bertz CT molecular complexity index is 780. The lowest BCUT2D eigenvalue weighted by Crippen LogP contribution is -2.23. The molecular weight excluding hydrogens is 320 g/mol. The van der Waals surface area contributed by atoms with E-state index in [0.29, 0.717) is 24.0 Å². The lowest BCUT2D eigenvalue weighted by Gasteiger charge is -2.20. The molecule has 0 aromatic carbocycles. The molecule has 3 heterocycles. The summed E-state index contributed by atoms with van der Waals surface area (Å²) >= 11 is 0. The molecule has 1 fully saturated rings. The topological polar surface area (TPSA) is 92.7 Å². The van der Waals surface area contributed by atoms with Crippen molar-refractivity contribution < 1.29 is 17.4 Å². The summed E-state index contributed by atoms with van der Waals surface area (Å²) in [4.78, 5) is 6.48. The van der Waals surface area contributed by atoms with Crippen LogP contribution < -0.4 is 0 Å². The maximum Gasteiger partial charge on any atom is 0.275 e. The van der Waals surface area contributed by atoms with Crippen molar-refractivity contribution in [2.24, 2.45) is 0 Å². The van der Waals surface area contributed by atoms with Gasteiger partial charge >= 0.3 is 0 Å². The van der Waals surface area contributed by atoms with Gasteiger partial charge in [-0.1, -0.05) is 5.16 Å². The standard InChI is InChI=1S/C14H20N4O4S/c1-10-15-14(16-22-10)12-5-4-8-18(12)9-11-6-7-13(21-11)23(19,20)17(2)3/h6-7,12H,4-5,8-9H2,1-3H3/t12-/m0/s1. The third-order valence-electron chi connectivity index (χ3n) is 3.94. The summed E-state index contributed by atoms with van der Waals surface area (Å²) in [6.07, 6.45) is 1.98. The highest BCUT2D eigenvalue weighted by molar-refractivity contribution is 7.88. The molecule has 0 saturated carbocycles. The third-order valence-corrected chi connectivity index (χ3v) is 5.63. The van der Waals surface area contributed by atoms with Crippen molar-refractivity contribution in [1.29, 1.82) is 0 Å². The van der Waals surface area contributed by atoms with Crippen molar-refractivity contribution >= 4 is 10.0 Å². The normalized spacial score (nSPS) is 19.7. The van der Waals surface area contributed by atoms with Crippen LogP contribution in [0.1, 0.15) is 36.4 Å². The minimum atomic E-state index is -3.54. The first kappa shape index (κ1) is 16.2. The van der Waals surface area contributed by atoms with Crippen LogP contribution in [0.25, 0.3) is 0 Å². The predicted octanol–water partition coefficient (Wildman–Crippen LogP) is 1.56. The van der Waals surface area contributed by atoms with Crippen molar-refractivity contribution in [3.63, 3.8) is 0 Å². The SMILES string of the molecule is Cc1nc([C@@H]2CCCN2Cc2ccc(S(=O)(=O)N(C)C)o2)no1. The fourth-order valence-electron chi connectivity index (χ4n) is 2.72. The van der Waals surface area contributed by atoms with E-state index in [4.69, 9.17) is 8.94 Å². The lowest BCUT2D eigenvalue weighted by molar-refractivity contribution is 0.210. The van der Waals surface area contributed by atoms with Crippen LogP contribution in [0.15, 0.2) is 26.2 Å². The smallest absolute Gasteiger partial charge is 0.275 e. The van der Waals surface area contributed by atoms with Crippen molar-refractivity contribution in [1.82, 2.24) is 19.3 Å². The van der Waals surface area contributed by atoms with Gasteiger partial charge < -0.3 is 8.94 Å². The molecule has 0 N–H and O–H groups in total. The van der Waals surface area contributed by atoms with Crippen LogP contribution in [0, 0.1) is 6.92 Å². The fourth-order valence-corrected chi connectivity index (χ4v) is 3.53. The molecule has 0 spiro atoms. The first-order valence-electron chi connectivity index (χ1n) is 7.43. The molecule has 8 nitrogen and oxygen atoms in total. The highest BCUT2D eigenvalue weighted by Crippen LogP contribution is 2.32. The Balaban J connectivity index is 1.76. The van der Waals surface area contributed by atoms with Gasteiger partial charge in [0.15, 0.2) is 5.82 Å². The van der Waals surface area contributed by atoms with Gasteiger partial charge in [0.1, 0.15) is 5.76 Å². The van der Waals surface area contributed by atoms with Crippen LogP contribution >= 0.6 is 0 Å². The molecule has 0 radical (unpaired) electrons. The van der Waals surface area contributed by atoms with Crippen LogP contribution in [0.2, 0.25) is 0 Å². The largest absolute Gasteiger partial charge is 0.447 e. The second-order valence-electron chi connectivity index (χ2n) is 5.81. The molecule has 23 heavy (non-hydrogen) atoms. The molecule has 1 aliphatic rings. The quantitative estimate of drug-likeness (QED) is 0.815. The molecule has 1 saturated heterocycles. The van der Waals surface area contributed by atoms with E-state index in [9.17, 15) is 8.42 Å². The van der Waals surface area contributed by atoms with Crippen LogP contribution in [0.5, 0.6) is 0 Å². The maximum atomic E-state index is 12.1. The fraction of sp³-hybridized carbons (Fsp3) is 0.571. The van der Waals surface area contributed by atoms with Crippen molar-refractivity contribution in [2.45, 2.75) is 37.4 Å². The number of hydrogen-bond acceptors (Lipinski definition) is 7. The summed E-state index contributed by atoms with van der Waals surface area (Å²) in [5.74, 6) is 1.83. The van der Waals surface area contributed by atoms with E-state index < -0.39 is 10.0 Å². The van der Waals surface area contributed by atoms with E-state index in [-0.39, 0.29) is 11.1 Å². The number of nitrogens with zero attached hydrogens (tertiary/aromatic N) is 4. The number of likely N-dealkylation sites (tertiary alicyclic amines) is 1. The van der Waals surface area contributed by atoms with E-state index >= 15 is 0 Å². The van der Waals surface area contributed by atoms with E-state index in [1.807, 2.05) is 0 Å². The van der Waals surface area contributed by atoms with Gasteiger partial charge in [-0.2, -0.15) is 4.98 Å². The Kier molecular flexibility index (Phi) is 4.26. The highest BCUT2D eigenvalue weighted by Gasteiger charge is 2.31. The van der Waals surface area contributed by atoms with Gasteiger partial charge in [0.25, 0.3) is 10.0 Å².